The molecule has 0 N–H and O–H groups in total. The fourth-order valence-electron chi connectivity index (χ4n) is 3.74. The van der Waals surface area contributed by atoms with E-state index in [0.717, 1.165) is 56.3 Å². The molecule has 4 rings (SSSR count). The molecule has 0 spiro atoms. The summed E-state index contributed by atoms with van der Waals surface area (Å²) in [4.78, 5) is 21.5. The second-order valence-corrected chi connectivity index (χ2v) is 7.80. The van der Waals surface area contributed by atoms with E-state index in [9.17, 15) is 4.79 Å². The second-order valence-electron chi connectivity index (χ2n) is 6.74. The average Bonchev–Trinajstić information content (AvgIpc) is 3.28. The third-order valence-electron chi connectivity index (χ3n) is 4.87. The number of aromatic nitrogens is 3. The number of amides is 1. The molecule has 1 fully saturated rings. The summed E-state index contributed by atoms with van der Waals surface area (Å²) < 4.78 is 2.05. The van der Waals surface area contributed by atoms with Crippen molar-refractivity contribution in [1.29, 1.82) is 0 Å². The number of likely N-dealkylation sites (tertiary alicyclic amines) is 1. The Labute approximate surface area is 146 Å². The van der Waals surface area contributed by atoms with Crippen molar-refractivity contribution < 1.29 is 4.79 Å². The van der Waals surface area contributed by atoms with Crippen molar-refractivity contribution in [1.82, 2.24) is 24.6 Å². The molecule has 6 nitrogen and oxygen atoms in total. The third-order valence-corrected chi connectivity index (χ3v) is 5.70. The highest BCUT2D eigenvalue weighted by atomic mass is 32.1. The minimum absolute atomic E-state index is 0.122. The molecule has 1 atom stereocenters. The normalized spacial score (nSPS) is 21.2. The molecule has 7 heteroatoms. The van der Waals surface area contributed by atoms with E-state index in [1.165, 1.54) is 5.69 Å². The van der Waals surface area contributed by atoms with E-state index in [0.29, 0.717) is 6.42 Å². The summed E-state index contributed by atoms with van der Waals surface area (Å²) in [6.45, 7) is 6.43. The maximum absolute atomic E-state index is 12.6. The summed E-state index contributed by atoms with van der Waals surface area (Å²) in [6.07, 6.45) is 4.66. The Morgan fingerprint density at radius 2 is 2.21 bits per heavy atom. The van der Waals surface area contributed by atoms with Crippen LogP contribution in [-0.4, -0.2) is 50.1 Å². The lowest BCUT2D eigenvalue weighted by atomic mass is 10.1. The molecule has 1 amide bonds. The van der Waals surface area contributed by atoms with Gasteiger partial charge in [0.15, 0.2) is 0 Å². The molecule has 24 heavy (non-hydrogen) atoms. The monoisotopic (exact) mass is 345 g/mol. The molecule has 0 saturated carbocycles. The van der Waals surface area contributed by atoms with Gasteiger partial charge in [0.25, 0.3) is 0 Å². The van der Waals surface area contributed by atoms with Crippen molar-refractivity contribution in [2.75, 3.05) is 19.6 Å². The van der Waals surface area contributed by atoms with Crippen LogP contribution in [-0.2, 0) is 17.9 Å². The number of thiazole rings is 1. The van der Waals surface area contributed by atoms with Crippen LogP contribution in [0.25, 0.3) is 0 Å². The molecule has 1 unspecified atom stereocenters. The molecule has 0 radical (unpaired) electrons. The van der Waals surface area contributed by atoms with Gasteiger partial charge in [-0.2, -0.15) is 5.10 Å². The van der Waals surface area contributed by atoms with Crippen molar-refractivity contribution in [2.24, 2.45) is 0 Å². The molecule has 2 aromatic heterocycles. The summed E-state index contributed by atoms with van der Waals surface area (Å²) in [5.74, 6) is 0.269. The van der Waals surface area contributed by atoms with Gasteiger partial charge in [0.1, 0.15) is 0 Å². The summed E-state index contributed by atoms with van der Waals surface area (Å²) in [5.41, 5.74) is 2.31. The van der Waals surface area contributed by atoms with E-state index < -0.39 is 0 Å². The van der Waals surface area contributed by atoms with Crippen molar-refractivity contribution >= 4 is 17.2 Å². The van der Waals surface area contributed by atoms with E-state index >= 15 is 0 Å². The lowest BCUT2D eigenvalue weighted by Crippen LogP contribution is -2.40. The third kappa shape index (κ3) is 3.23. The Hall–Kier alpha value is -1.73. The van der Waals surface area contributed by atoms with Gasteiger partial charge in [-0.05, 0) is 25.8 Å². The number of carbonyl (C=O) groups is 1. The summed E-state index contributed by atoms with van der Waals surface area (Å²) in [6, 6.07) is 2.18. The van der Waals surface area contributed by atoms with Gasteiger partial charge in [0, 0.05) is 44.3 Å². The number of rotatable bonds is 4. The predicted molar refractivity (Wildman–Crippen MR) is 92.7 cm³/mol. The summed E-state index contributed by atoms with van der Waals surface area (Å²) >= 11 is 1.69. The van der Waals surface area contributed by atoms with Gasteiger partial charge in [0.2, 0.25) is 5.91 Å². The predicted octanol–water partition coefficient (Wildman–Crippen LogP) is 2.22. The second kappa shape index (κ2) is 6.64. The first-order valence-corrected chi connectivity index (χ1v) is 9.50. The zero-order valence-electron chi connectivity index (χ0n) is 14.0. The lowest BCUT2D eigenvalue weighted by Gasteiger charge is -2.34. The Bertz CT molecular complexity index is 718. The zero-order valence-corrected chi connectivity index (χ0v) is 14.8. The first-order valence-electron chi connectivity index (χ1n) is 8.62. The highest BCUT2D eigenvalue weighted by Gasteiger charge is 2.29. The number of carbonyl (C=O) groups excluding carboxylic acids is 1. The van der Waals surface area contributed by atoms with Crippen molar-refractivity contribution in [2.45, 2.75) is 45.3 Å². The van der Waals surface area contributed by atoms with Crippen molar-refractivity contribution in [3.63, 3.8) is 0 Å². The van der Waals surface area contributed by atoms with Crippen LogP contribution in [0.3, 0.4) is 0 Å². The highest BCUT2D eigenvalue weighted by Crippen LogP contribution is 2.26. The first kappa shape index (κ1) is 15.8. The van der Waals surface area contributed by atoms with Crippen LogP contribution in [0.4, 0.5) is 0 Å². The average molecular weight is 345 g/mol. The molecule has 2 aliphatic rings. The molecular formula is C17H23N5OS. The van der Waals surface area contributed by atoms with Crippen LogP contribution in [0.15, 0.2) is 17.6 Å². The highest BCUT2D eigenvalue weighted by molar-refractivity contribution is 7.09. The fourth-order valence-corrected chi connectivity index (χ4v) is 4.35. The maximum Gasteiger partial charge on any atom is 0.224 e. The van der Waals surface area contributed by atoms with Crippen molar-refractivity contribution in [3.05, 3.63) is 34.0 Å². The zero-order chi connectivity index (χ0) is 16.5. The molecule has 2 aliphatic heterocycles. The van der Waals surface area contributed by atoms with Gasteiger partial charge in [-0.1, -0.05) is 0 Å². The van der Waals surface area contributed by atoms with Gasteiger partial charge >= 0.3 is 0 Å². The van der Waals surface area contributed by atoms with E-state index in [1.807, 2.05) is 18.0 Å². The standard InChI is InChI=1S/C17H23N5OS/c1-13-19-14(12-24-13)9-20-10-15-4-5-18-22(15)16(11-20)8-17(23)21-6-2-3-7-21/h4-5,12,16H,2-3,6-11H2,1H3. The van der Waals surface area contributed by atoms with Gasteiger partial charge in [-0.3, -0.25) is 14.4 Å². The van der Waals surface area contributed by atoms with Crippen LogP contribution in [0.5, 0.6) is 0 Å². The summed E-state index contributed by atoms with van der Waals surface area (Å²) in [5, 5.41) is 7.70. The quantitative estimate of drug-likeness (QED) is 0.853. The maximum atomic E-state index is 12.6. The molecule has 0 aromatic carbocycles. The van der Waals surface area contributed by atoms with Crippen LogP contribution < -0.4 is 0 Å². The van der Waals surface area contributed by atoms with Gasteiger partial charge in [0.05, 0.1) is 28.9 Å². The van der Waals surface area contributed by atoms with E-state index in [4.69, 9.17) is 0 Å². The van der Waals surface area contributed by atoms with E-state index in [-0.39, 0.29) is 11.9 Å². The molecule has 2 aromatic rings. The summed E-state index contributed by atoms with van der Waals surface area (Å²) in [7, 11) is 0. The first-order chi connectivity index (χ1) is 11.7. The minimum atomic E-state index is 0.122. The van der Waals surface area contributed by atoms with E-state index in [2.05, 4.69) is 31.1 Å². The van der Waals surface area contributed by atoms with Gasteiger partial charge < -0.3 is 4.90 Å². The van der Waals surface area contributed by atoms with Gasteiger partial charge in [-0.25, -0.2) is 4.98 Å². The fraction of sp³-hybridized carbons (Fsp3) is 0.588. The minimum Gasteiger partial charge on any atom is -0.343 e. The molecule has 0 bridgehead atoms. The number of hydrogen-bond donors (Lipinski definition) is 0. The molecule has 128 valence electrons. The molecule has 4 heterocycles. The number of hydrogen-bond acceptors (Lipinski definition) is 5. The SMILES string of the molecule is Cc1nc(CN2Cc3ccnn3C(CC(=O)N3CCCC3)C2)cs1. The smallest absolute Gasteiger partial charge is 0.224 e. The Morgan fingerprint density at radius 1 is 1.38 bits per heavy atom. The molecule has 0 aliphatic carbocycles. The Kier molecular flexibility index (Phi) is 4.37. The molecular weight excluding hydrogens is 322 g/mol. The Morgan fingerprint density at radius 3 is 2.96 bits per heavy atom. The number of fused-ring (bicyclic) bond motifs is 1. The van der Waals surface area contributed by atoms with Crippen molar-refractivity contribution in [3.8, 4) is 0 Å². The van der Waals surface area contributed by atoms with Crippen LogP contribution in [0.1, 0.15) is 41.7 Å². The van der Waals surface area contributed by atoms with Crippen LogP contribution >= 0.6 is 11.3 Å². The van der Waals surface area contributed by atoms with Crippen LogP contribution in [0, 0.1) is 6.92 Å². The van der Waals surface area contributed by atoms with E-state index in [1.54, 1.807) is 11.3 Å². The lowest BCUT2D eigenvalue weighted by molar-refractivity contribution is -0.131. The Balaban J connectivity index is 1.47. The van der Waals surface area contributed by atoms with Gasteiger partial charge in [-0.15, -0.1) is 11.3 Å². The largest absolute Gasteiger partial charge is 0.343 e. The molecule has 1 saturated heterocycles. The topological polar surface area (TPSA) is 54.3 Å². The van der Waals surface area contributed by atoms with Crippen LogP contribution in [0.2, 0.25) is 0 Å². The number of aryl methyl sites for hydroxylation is 1. The number of nitrogens with zero attached hydrogens (tertiary/aromatic N) is 5.